The van der Waals surface area contributed by atoms with Crippen LogP contribution in [0, 0.1) is 17.8 Å². The molecule has 0 N–H and O–H groups in total. The molecular weight excluding hydrogens is 631 g/mol. The topological polar surface area (TPSA) is 22.8 Å². The smallest absolute Gasteiger partial charge is 0.139 e. The third-order valence-electron chi connectivity index (χ3n) is 13.1. The van der Waals surface area contributed by atoms with E-state index in [2.05, 4.69) is 156 Å². The van der Waals surface area contributed by atoms with Crippen LogP contribution in [0.5, 0.6) is 0 Å². The SMILES string of the molecule is CCC1CC2CC(C)CC(c3ccc4c(c3)c3ccccc3n4-c3ccnc(-n4c5ccc(C(C)(C)C)cc5c5cc(C(C)(C)C)ccc54)c3)(C1)C2. The maximum Gasteiger partial charge on any atom is 0.139 e. The first-order valence-electron chi connectivity index (χ1n) is 19.9. The summed E-state index contributed by atoms with van der Waals surface area (Å²) in [5.74, 6) is 3.46. The number of rotatable bonds is 4. The van der Waals surface area contributed by atoms with E-state index in [1.54, 1.807) is 5.56 Å². The van der Waals surface area contributed by atoms with Crippen LogP contribution < -0.4 is 0 Å². The highest BCUT2D eigenvalue weighted by Crippen LogP contribution is 2.55. The van der Waals surface area contributed by atoms with Crippen LogP contribution in [0.4, 0.5) is 0 Å². The second kappa shape index (κ2) is 11.8. The van der Waals surface area contributed by atoms with E-state index in [1.807, 2.05) is 6.20 Å². The van der Waals surface area contributed by atoms with Gasteiger partial charge in [-0.05, 0) is 131 Å². The zero-order valence-corrected chi connectivity index (χ0v) is 32.6. The number of nitrogens with zero attached hydrogens (tertiary/aromatic N) is 3. The molecular formula is C49H55N3. The van der Waals surface area contributed by atoms with Crippen LogP contribution in [0.3, 0.4) is 0 Å². The van der Waals surface area contributed by atoms with Gasteiger partial charge in [0.05, 0.1) is 27.8 Å². The molecule has 2 aliphatic rings. The van der Waals surface area contributed by atoms with Gasteiger partial charge < -0.3 is 4.57 Å². The molecule has 2 saturated carbocycles. The zero-order valence-electron chi connectivity index (χ0n) is 32.6. The van der Waals surface area contributed by atoms with Gasteiger partial charge in [-0.3, -0.25) is 4.57 Å². The van der Waals surface area contributed by atoms with Crippen LogP contribution in [0.1, 0.15) is 111 Å². The molecule has 3 aromatic heterocycles. The number of fused-ring (bicyclic) bond motifs is 8. The van der Waals surface area contributed by atoms with E-state index >= 15 is 0 Å². The van der Waals surface area contributed by atoms with Crippen LogP contribution in [0.15, 0.2) is 97.2 Å². The van der Waals surface area contributed by atoms with Crippen molar-refractivity contribution in [1.29, 1.82) is 0 Å². The summed E-state index contributed by atoms with van der Waals surface area (Å²) in [6, 6.07) is 35.1. The molecule has 2 fully saturated rings. The summed E-state index contributed by atoms with van der Waals surface area (Å²) < 4.78 is 4.86. The Morgan fingerprint density at radius 2 is 1.25 bits per heavy atom. The van der Waals surface area contributed by atoms with Crippen molar-refractivity contribution in [2.75, 3.05) is 0 Å². The Bertz CT molecular complexity index is 2420. The lowest BCUT2D eigenvalue weighted by atomic mass is 9.54. The molecule has 266 valence electrons. The second-order valence-electron chi connectivity index (χ2n) is 18.9. The van der Waals surface area contributed by atoms with Crippen molar-refractivity contribution in [1.82, 2.24) is 14.1 Å². The minimum Gasteiger partial charge on any atom is -0.309 e. The van der Waals surface area contributed by atoms with Crippen LogP contribution >= 0.6 is 0 Å². The Labute approximate surface area is 310 Å². The van der Waals surface area contributed by atoms with Crippen LogP contribution in [0.2, 0.25) is 0 Å². The van der Waals surface area contributed by atoms with Crippen molar-refractivity contribution in [2.24, 2.45) is 17.8 Å². The highest BCUT2D eigenvalue weighted by molar-refractivity contribution is 6.11. The van der Waals surface area contributed by atoms with Crippen molar-refractivity contribution in [3.8, 4) is 11.5 Å². The van der Waals surface area contributed by atoms with Gasteiger partial charge in [0.25, 0.3) is 0 Å². The summed E-state index contributed by atoms with van der Waals surface area (Å²) in [5, 5.41) is 5.28. The molecule has 4 unspecified atom stereocenters. The predicted molar refractivity (Wildman–Crippen MR) is 222 cm³/mol. The third kappa shape index (κ3) is 5.33. The van der Waals surface area contributed by atoms with Crippen molar-refractivity contribution >= 4 is 43.6 Å². The maximum atomic E-state index is 5.08. The molecule has 0 amide bonds. The molecule has 3 nitrogen and oxygen atoms in total. The Morgan fingerprint density at radius 1 is 0.635 bits per heavy atom. The largest absolute Gasteiger partial charge is 0.309 e. The van der Waals surface area contributed by atoms with E-state index in [1.165, 1.54) is 93.3 Å². The molecule has 7 aromatic rings. The second-order valence-corrected chi connectivity index (χ2v) is 18.9. The summed E-state index contributed by atoms with van der Waals surface area (Å²) in [4.78, 5) is 5.08. The number of aromatic nitrogens is 3. The van der Waals surface area contributed by atoms with Crippen LogP contribution in [0.25, 0.3) is 55.1 Å². The molecule has 2 aliphatic carbocycles. The van der Waals surface area contributed by atoms with Gasteiger partial charge in [0.2, 0.25) is 0 Å². The molecule has 0 radical (unpaired) electrons. The molecule has 0 aliphatic heterocycles. The monoisotopic (exact) mass is 685 g/mol. The first kappa shape index (κ1) is 33.5. The lowest BCUT2D eigenvalue weighted by Gasteiger charge is -2.51. The van der Waals surface area contributed by atoms with Crippen molar-refractivity contribution < 1.29 is 0 Å². The van der Waals surface area contributed by atoms with Gasteiger partial charge >= 0.3 is 0 Å². The lowest BCUT2D eigenvalue weighted by molar-refractivity contribution is 0.0703. The molecule has 4 atom stereocenters. The molecule has 52 heavy (non-hydrogen) atoms. The lowest BCUT2D eigenvalue weighted by Crippen LogP contribution is -2.42. The first-order valence-corrected chi connectivity index (χ1v) is 19.9. The summed E-state index contributed by atoms with van der Waals surface area (Å²) in [6.07, 6.45) is 10.2. The number of benzene rings is 4. The molecule has 3 heteroatoms. The van der Waals surface area contributed by atoms with Gasteiger partial charge in [-0.25, -0.2) is 4.98 Å². The number of para-hydroxylation sites is 1. The highest BCUT2D eigenvalue weighted by atomic mass is 15.1. The minimum absolute atomic E-state index is 0.0596. The number of pyridine rings is 1. The Morgan fingerprint density at radius 3 is 1.92 bits per heavy atom. The van der Waals surface area contributed by atoms with E-state index in [9.17, 15) is 0 Å². The number of hydrogen-bond donors (Lipinski definition) is 0. The van der Waals surface area contributed by atoms with E-state index in [0.717, 1.165) is 29.3 Å². The van der Waals surface area contributed by atoms with Gasteiger partial charge in [0.1, 0.15) is 5.82 Å². The average Bonchev–Trinajstić information content (AvgIpc) is 3.62. The van der Waals surface area contributed by atoms with Crippen molar-refractivity contribution in [2.45, 2.75) is 110 Å². The molecule has 3 heterocycles. The van der Waals surface area contributed by atoms with Crippen molar-refractivity contribution in [3.05, 3.63) is 114 Å². The van der Waals surface area contributed by atoms with Crippen LogP contribution in [-0.4, -0.2) is 14.1 Å². The van der Waals surface area contributed by atoms with Gasteiger partial charge in [-0.1, -0.05) is 98.2 Å². The highest BCUT2D eigenvalue weighted by Gasteiger charge is 2.46. The fourth-order valence-electron chi connectivity index (χ4n) is 10.6. The van der Waals surface area contributed by atoms with Crippen LogP contribution in [-0.2, 0) is 16.2 Å². The fraction of sp³-hybridized carbons (Fsp3) is 0.408. The normalized spacial score (nSPS) is 22.6. The summed E-state index contributed by atoms with van der Waals surface area (Å²) in [5.41, 5.74) is 10.8. The Hall–Kier alpha value is -4.37. The summed E-state index contributed by atoms with van der Waals surface area (Å²) in [6.45, 7) is 18.7. The molecule has 0 saturated heterocycles. The molecule has 2 bridgehead atoms. The molecule has 9 rings (SSSR count). The Kier molecular flexibility index (Phi) is 7.61. The average molecular weight is 686 g/mol. The van der Waals surface area contributed by atoms with Gasteiger partial charge in [-0.15, -0.1) is 0 Å². The zero-order chi connectivity index (χ0) is 36.2. The van der Waals surface area contributed by atoms with Gasteiger partial charge in [0, 0.05) is 33.8 Å². The van der Waals surface area contributed by atoms with Gasteiger partial charge in [0.15, 0.2) is 0 Å². The first-order chi connectivity index (χ1) is 24.8. The van der Waals surface area contributed by atoms with E-state index in [4.69, 9.17) is 4.98 Å². The minimum atomic E-state index is 0.0596. The number of hydrogen-bond acceptors (Lipinski definition) is 1. The standard InChI is InChI=1S/C49H55N3/c1-9-32-23-33-22-31(2)28-49(29-32,30-33)36-16-19-43-39(26-36)38-12-10-11-13-42(38)51(43)37-20-21-50-46(27-37)52-44-17-14-34(47(3,4)5)24-40(44)41-25-35(48(6,7)8)15-18-45(41)52/h10-21,24-27,31-33H,9,22-23,28-30H2,1-8H3. The maximum absolute atomic E-state index is 5.08. The fourth-order valence-corrected chi connectivity index (χ4v) is 10.6. The van der Waals surface area contributed by atoms with E-state index < -0.39 is 0 Å². The predicted octanol–water partition coefficient (Wildman–Crippen LogP) is 13.4. The van der Waals surface area contributed by atoms with E-state index in [0.29, 0.717) is 5.41 Å². The molecule has 0 spiro atoms. The van der Waals surface area contributed by atoms with Crippen molar-refractivity contribution in [3.63, 3.8) is 0 Å². The quantitative estimate of drug-likeness (QED) is 0.181. The van der Waals surface area contributed by atoms with Gasteiger partial charge in [-0.2, -0.15) is 0 Å². The third-order valence-corrected chi connectivity index (χ3v) is 13.1. The Balaban J connectivity index is 1.23. The van der Waals surface area contributed by atoms with E-state index in [-0.39, 0.29) is 10.8 Å². The molecule has 4 aromatic carbocycles. The summed E-state index contributed by atoms with van der Waals surface area (Å²) in [7, 11) is 0. The summed E-state index contributed by atoms with van der Waals surface area (Å²) >= 11 is 0.